The average Bonchev–Trinajstić information content (AvgIpc) is 3.25. The maximum absolute atomic E-state index is 12.7. The zero-order valence-corrected chi connectivity index (χ0v) is 38.8. The van der Waals surface area contributed by atoms with Gasteiger partial charge in [-0.1, -0.05) is 155 Å². The van der Waals surface area contributed by atoms with E-state index in [2.05, 4.69) is 128 Å². The Morgan fingerprint density at radius 3 is 1.29 bits per heavy atom. The van der Waals surface area contributed by atoms with E-state index in [0.29, 0.717) is 12.8 Å². The van der Waals surface area contributed by atoms with Crippen LogP contribution in [0.2, 0.25) is 0 Å². The Hall–Kier alpha value is -3.86. The van der Waals surface area contributed by atoms with Gasteiger partial charge in [0.1, 0.15) is 12.6 Å². The summed E-state index contributed by atoms with van der Waals surface area (Å²) in [7, 11) is -4.74. The molecule has 11 nitrogen and oxygen atoms in total. The lowest BCUT2D eigenvalue weighted by molar-refractivity contribution is -0.161. The molecule has 0 bridgehead atoms. The molecule has 0 aromatic rings. The minimum absolute atomic E-state index is 0.111. The summed E-state index contributed by atoms with van der Waals surface area (Å²) in [6.07, 6.45) is 57.2. The third-order valence-electron chi connectivity index (χ3n) is 9.02. The van der Waals surface area contributed by atoms with Gasteiger partial charge < -0.3 is 25.2 Å². The largest absolute Gasteiger partial charge is 0.480 e. The molecule has 3 unspecified atom stereocenters. The molecule has 0 aromatic heterocycles. The number of ether oxygens (including phenoxy) is 2. The number of hydrogen-bond donors (Lipinski definition) is 3. The Morgan fingerprint density at radius 1 is 0.500 bits per heavy atom. The number of allylic oxidation sites excluding steroid dienone is 18. The van der Waals surface area contributed by atoms with Crippen LogP contribution in [0.3, 0.4) is 0 Å². The minimum atomic E-state index is -4.74. The highest BCUT2D eigenvalue weighted by atomic mass is 31.2. The first-order valence-electron chi connectivity index (χ1n) is 22.9. The van der Waals surface area contributed by atoms with E-state index in [1.807, 2.05) is 0 Å². The third kappa shape index (κ3) is 42.8. The number of carboxylic acids is 1. The number of carboxylic acid groups (broad SMARTS) is 1. The fourth-order valence-corrected chi connectivity index (χ4v) is 6.27. The van der Waals surface area contributed by atoms with Gasteiger partial charge in [0.05, 0.1) is 13.2 Å². The number of carbonyl (C=O) groups is 3. The van der Waals surface area contributed by atoms with Gasteiger partial charge in [-0.15, -0.1) is 0 Å². The Kier molecular flexibility index (Phi) is 41.0. The molecule has 0 spiro atoms. The van der Waals surface area contributed by atoms with E-state index in [4.69, 9.17) is 24.8 Å². The molecule has 62 heavy (non-hydrogen) atoms. The predicted molar refractivity (Wildman–Crippen MR) is 253 cm³/mol. The summed E-state index contributed by atoms with van der Waals surface area (Å²) < 4.78 is 32.7. The fraction of sp³-hybridized carbons (Fsp3) is 0.580. The van der Waals surface area contributed by atoms with Crippen molar-refractivity contribution in [1.29, 1.82) is 0 Å². The maximum Gasteiger partial charge on any atom is 0.472 e. The highest BCUT2D eigenvalue weighted by Gasteiger charge is 2.28. The van der Waals surface area contributed by atoms with Crippen molar-refractivity contribution in [3.8, 4) is 0 Å². The zero-order valence-electron chi connectivity index (χ0n) is 37.9. The van der Waals surface area contributed by atoms with Crippen molar-refractivity contribution >= 4 is 25.7 Å². The van der Waals surface area contributed by atoms with Crippen molar-refractivity contribution in [3.05, 3.63) is 109 Å². The van der Waals surface area contributed by atoms with Gasteiger partial charge in [0.2, 0.25) is 0 Å². The lowest BCUT2D eigenvalue weighted by atomic mass is 10.1. The van der Waals surface area contributed by atoms with E-state index in [-0.39, 0.29) is 19.4 Å². The predicted octanol–water partition coefficient (Wildman–Crippen LogP) is 12.6. The molecule has 0 aliphatic heterocycles. The number of carbonyl (C=O) groups excluding carboxylic acids is 2. The molecule has 0 heterocycles. The first kappa shape index (κ1) is 58.1. The third-order valence-corrected chi connectivity index (χ3v) is 9.97. The standard InChI is InChI=1S/C50H80NO10P/c1-3-5-7-9-11-13-15-17-19-21-23-25-27-29-31-33-35-37-39-41-48(52)58-43-46(44-59-62(56,57)60-45-47(51)50(54)55)61-49(53)42-40-38-36-34-32-30-28-26-24-22-20-18-16-14-12-10-8-6-4-2/h5-8,11-14,17-20,23-26,30,32,46-47H,3-4,9-10,15-16,21-22,27-29,31,33-45,51H2,1-2H3,(H,54,55)(H,56,57)/b7-5-,8-6-,13-11-,14-12-,19-17-,20-18-,25-23-,26-24-,32-30-. The number of aliphatic carboxylic acids is 1. The monoisotopic (exact) mass is 886 g/mol. The van der Waals surface area contributed by atoms with Crippen LogP contribution in [0.15, 0.2) is 109 Å². The van der Waals surface area contributed by atoms with Crippen LogP contribution in [0.1, 0.15) is 155 Å². The Morgan fingerprint density at radius 2 is 0.855 bits per heavy atom. The van der Waals surface area contributed by atoms with Gasteiger partial charge in [0, 0.05) is 12.8 Å². The molecular weight excluding hydrogens is 806 g/mol. The smallest absolute Gasteiger partial charge is 0.472 e. The number of unbranched alkanes of at least 4 members (excludes halogenated alkanes) is 9. The first-order chi connectivity index (χ1) is 30.1. The van der Waals surface area contributed by atoms with Crippen molar-refractivity contribution in [2.75, 3.05) is 19.8 Å². The topological polar surface area (TPSA) is 172 Å². The number of nitrogens with two attached hydrogens (primary N) is 1. The molecule has 3 atom stereocenters. The van der Waals surface area contributed by atoms with Gasteiger partial charge in [-0.2, -0.15) is 0 Å². The molecule has 4 N–H and O–H groups in total. The van der Waals surface area contributed by atoms with Crippen molar-refractivity contribution in [1.82, 2.24) is 0 Å². The Labute approximate surface area is 374 Å². The Balaban J connectivity index is 4.45. The van der Waals surface area contributed by atoms with Gasteiger partial charge in [0.15, 0.2) is 6.10 Å². The molecule has 0 aliphatic rings. The molecule has 0 fully saturated rings. The van der Waals surface area contributed by atoms with Crippen LogP contribution in [0.25, 0.3) is 0 Å². The van der Waals surface area contributed by atoms with Crippen LogP contribution in [-0.2, 0) is 37.5 Å². The van der Waals surface area contributed by atoms with Crippen molar-refractivity contribution in [2.24, 2.45) is 5.73 Å². The summed E-state index contributed by atoms with van der Waals surface area (Å²) in [6.45, 7) is 2.51. The van der Waals surface area contributed by atoms with Crippen molar-refractivity contribution in [3.63, 3.8) is 0 Å². The zero-order chi connectivity index (χ0) is 45.6. The molecule has 0 radical (unpaired) electrons. The van der Waals surface area contributed by atoms with E-state index in [1.165, 1.54) is 0 Å². The number of esters is 2. The quantitative estimate of drug-likeness (QED) is 0.0231. The van der Waals surface area contributed by atoms with Gasteiger partial charge in [-0.05, 0) is 96.3 Å². The van der Waals surface area contributed by atoms with Gasteiger partial charge >= 0.3 is 25.7 Å². The lowest BCUT2D eigenvalue weighted by Gasteiger charge is -2.20. The highest BCUT2D eigenvalue weighted by Crippen LogP contribution is 2.43. The SMILES string of the molecule is CC/C=C\C/C=C\C/C=C\C/C=C\C/C=C\CCCCCC(=O)OC(COC(=O)CCCCCCCC/C=C\C/C=C\C/C=C\C/C=C\CC)COP(=O)(O)OCC(N)C(=O)O. The van der Waals surface area contributed by atoms with Crippen LogP contribution in [0.4, 0.5) is 0 Å². The van der Waals surface area contributed by atoms with E-state index in [9.17, 15) is 23.8 Å². The van der Waals surface area contributed by atoms with Crippen molar-refractivity contribution in [2.45, 2.75) is 167 Å². The second-order valence-electron chi connectivity index (χ2n) is 14.8. The highest BCUT2D eigenvalue weighted by molar-refractivity contribution is 7.47. The number of hydrogen-bond acceptors (Lipinski definition) is 9. The summed E-state index contributed by atoms with van der Waals surface area (Å²) in [4.78, 5) is 46.1. The molecule has 0 saturated carbocycles. The van der Waals surface area contributed by atoms with Gasteiger partial charge in [-0.3, -0.25) is 23.4 Å². The molecule has 0 aromatic carbocycles. The second-order valence-corrected chi connectivity index (χ2v) is 16.2. The van der Waals surface area contributed by atoms with Gasteiger partial charge in [-0.25, -0.2) is 4.57 Å². The van der Waals surface area contributed by atoms with E-state index < -0.39 is 51.1 Å². The van der Waals surface area contributed by atoms with E-state index in [1.54, 1.807) is 0 Å². The average molecular weight is 886 g/mol. The molecule has 0 amide bonds. The molecule has 0 aliphatic carbocycles. The number of phosphoric acid groups is 1. The van der Waals surface area contributed by atoms with Crippen LogP contribution in [0.5, 0.6) is 0 Å². The number of phosphoric ester groups is 1. The Bertz CT molecular complexity index is 1460. The normalized spacial score (nSPS) is 14.6. The summed E-state index contributed by atoms with van der Waals surface area (Å²) in [6, 6.07) is -1.54. The number of rotatable bonds is 41. The lowest BCUT2D eigenvalue weighted by Crippen LogP contribution is -2.34. The molecule has 0 saturated heterocycles. The van der Waals surface area contributed by atoms with E-state index in [0.717, 1.165) is 116 Å². The molecule has 12 heteroatoms. The summed E-state index contributed by atoms with van der Waals surface area (Å²) in [5.41, 5.74) is 5.34. The fourth-order valence-electron chi connectivity index (χ4n) is 5.49. The maximum atomic E-state index is 12.7. The van der Waals surface area contributed by atoms with Crippen molar-refractivity contribution < 1.29 is 47.5 Å². The van der Waals surface area contributed by atoms with Crippen LogP contribution >= 0.6 is 7.82 Å². The summed E-state index contributed by atoms with van der Waals surface area (Å²) >= 11 is 0. The van der Waals surface area contributed by atoms with Crippen LogP contribution in [-0.4, -0.2) is 59.9 Å². The van der Waals surface area contributed by atoms with Crippen LogP contribution in [0, 0.1) is 0 Å². The summed E-state index contributed by atoms with van der Waals surface area (Å²) in [5, 5.41) is 8.90. The minimum Gasteiger partial charge on any atom is -0.480 e. The van der Waals surface area contributed by atoms with E-state index >= 15 is 0 Å². The second kappa shape index (κ2) is 43.8. The van der Waals surface area contributed by atoms with Crippen LogP contribution < -0.4 is 5.73 Å². The summed E-state index contributed by atoms with van der Waals surface area (Å²) in [5.74, 6) is -2.45. The molecular formula is C50H80NO10P. The molecule has 0 rings (SSSR count). The first-order valence-corrected chi connectivity index (χ1v) is 24.4. The molecule has 350 valence electrons. The van der Waals surface area contributed by atoms with Gasteiger partial charge in [0.25, 0.3) is 0 Å².